The second-order valence-electron chi connectivity index (χ2n) is 1.24. The molecule has 0 aliphatic heterocycles. The molecule has 0 unspecified atom stereocenters. The van der Waals surface area contributed by atoms with Crippen LogP contribution in [0, 0.1) is 6.92 Å². The van der Waals surface area contributed by atoms with Gasteiger partial charge in [-0.25, -0.2) is 0 Å². The second-order valence-corrected chi connectivity index (χ2v) is 1.24. The second kappa shape index (κ2) is 5.92. The zero-order valence-electron chi connectivity index (χ0n) is 4.39. The molecular weight excluding hydrogens is 92.1 g/mol. The Labute approximate surface area is 44.1 Å². The van der Waals surface area contributed by atoms with Crippen molar-refractivity contribution in [2.45, 2.75) is 12.8 Å². The Morgan fingerprint density at radius 3 is 2.71 bits per heavy atom. The number of ether oxygens (including phenoxy) is 1. The molecule has 0 rings (SSSR count). The van der Waals surface area contributed by atoms with Crippen LogP contribution in [0.3, 0.4) is 0 Å². The average molecular weight is 103 g/mol. The summed E-state index contributed by atoms with van der Waals surface area (Å²) in [7, 11) is 0. The fourth-order valence-electron chi connectivity index (χ4n) is 0.269. The summed E-state index contributed by atoms with van der Waals surface area (Å²) in [6.07, 6.45) is 1.81. The van der Waals surface area contributed by atoms with Crippen molar-refractivity contribution < 1.29 is 9.84 Å². The molecule has 0 aromatic heterocycles. The molecule has 0 aliphatic rings. The third kappa shape index (κ3) is 5.92. The lowest BCUT2D eigenvalue weighted by Crippen LogP contribution is -1.93. The van der Waals surface area contributed by atoms with Crippen molar-refractivity contribution in [3.8, 4) is 0 Å². The van der Waals surface area contributed by atoms with Crippen molar-refractivity contribution in [3.63, 3.8) is 0 Å². The zero-order chi connectivity index (χ0) is 5.54. The monoisotopic (exact) mass is 103 g/mol. The smallest absolute Gasteiger partial charge is 0.143 e. The predicted molar refractivity (Wildman–Crippen MR) is 27.6 cm³/mol. The fraction of sp³-hybridized carbons (Fsp3) is 0.800. The minimum atomic E-state index is -0.167. The van der Waals surface area contributed by atoms with E-state index < -0.39 is 0 Å². The lowest BCUT2D eigenvalue weighted by Gasteiger charge is -1.94. The van der Waals surface area contributed by atoms with Gasteiger partial charge in [-0.2, -0.15) is 0 Å². The van der Waals surface area contributed by atoms with E-state index in [1.165, 1.54) is 0 Å². The van der Waals surface area contributed by atoms with Crippen LogP contribution in [0.25, 0.3) is 0 Å². The molecule has 0 saturated carbocycles. The molecule has 0 amide bonds. The summed E-state index contributed by atoms with van der Waals surface area (Å²) < 4.78 is 4.59. The predicted octanol–water partition coefficient (Wildman–Crippen LogP) is 0.567. The number of unbranched alkanes of at least 4 members (excludes halogenated alkanes) is 1. The van der Waals surface area contributed by atoms with Gasteiger partial charge in [0.2, 0.25) is 0 Å². The summed E-state index contributed by atoms with van der Waals surface area (Å²) in [5.41, 5.74) is 0. The van der Waals surface area contributed by atoms with Gasteiger partial charge in [0.05, 0.1) is 0 Å². The third-order valence-electron chi connectivity index (χ3n) is 0.630. The lowest BCUT2D eigenvalue weighted by molar-refractivity contribution is -0.00195. The Morgan fingerprint density at radius 2 is 2.29 bits per heavy atom. The average Bonchev–Trinajstić information content (AvgIpc) is 1.69. The highest BCUT2D eigenvalue weighted by Gasteiger charge is 1.79. The molecule has 1 radical (unpaired) electrons. The van der Waals surface area contributed by atoms with Crippen molar-refractivity contribution in [1.29, 1.82) is 0 Å². The van der Waals surface area contributed by atoms with Crippen LogP contribution in [0.2, 0.25) is 0 Å². The van der Waals surface area contributed by atoms with E-state index in [4.69, 9.17) is 5.11 Å². The molecule has 0 bridgehead atoms. The molecule has 0 aromatic rings. The van der Waals surface area contributed by atoms with E-state index in [1.54, 1.807) is 0 Å². The quantitative estimate of drug-likeness (QED) is 0.416. The largest absolute Gasteiger partial charge is 0.371 e. The summed E-state index contributed by atoms with van der Waals surface area (Å²) in [5, 5.41) is 8.05. The Hall–Kier alpha value is -0.0800. The summed E-state index contributed by atoms with van der Waals surface area (Å²) in [5.74, 6) is 0. The summed E-state index contributed by atoms with van der Waals surface area (Å²) in [6.45, 7) is 4.05. The molecule has 43 valence electrons. The van der Waals surface area contributed by atoms with Crippen molar-refractivity contribution in [1.82, 2.24) is 0 Å². The van der Waals surface area contributed by atoms with Crippen molar-refractivity contribution in [2.24, 2.45) is 0 Å². The Morgan fingerprint density at radius 1 is 1.57 bits per heavy atom. The van der Waals surface area contributed by atoms with E-state index >= 15 is 0 Å². The number of aliphatic hydroxyl groups is 1. The minimum Gasteiger partial charge on any atom is -0.371 e. The zero-order valence-corrected chi connectivity index (χ0v) is 4.39. The third-order valence-corrected chi connectivity index (χ3v) is 0.630. The molecule has 0 aromatic carbocycles. The normalized spacial score (nSPS) is 9.43. The molecule has 0 heterocycles. The molecule has 0 saturated heterocycles. The van der Waals surface area contributed by atoms with Gasteiger partial charge in [0.1, 0.15) is 6.79 Å². The Balaban J connectivity index is 2.45. The summed E-state index contributed by atoms with van der Waals surface area (Å²) >= 11 is 0. The van der Waals surface area contributed by atoms with Gasteiger partial charge in [-0.3, -0.25) is 0 Å². The van der Waals surface area contributed by atoms with Crippen LogP contribution >= 0.6 is 0 Å². The molecule has 7 heavy (non-hydrogen) atoms. The summed E-state index contributed by atoms with van der Waals surface area (Å²) in [4.78, 5) is 0. The number of hydrogen-bond acceptors (Lipinski definition) is 2. The van der Waals surface area contributed by atoms with Gasteiger partial charge in [-0.05, 0) is 6.42 Å². The number of aliphatic hydroxyl groups excluding tert-OH is 1. The van der Waals surface area contributed by atoms with Crippen molar-refractivity contribution in [3.05, 3.63) is 6.92 Å². The molecular formula is C5H11O2. The van der Waals surface area contributed by atoms with E-state index in [0.717, 1.165) is 12.8 Å². The molecule has 1 N–H and O–H groups in total. The van der Waals surface area contributed by atoms with Crippen LogP contribution in [0.1, 0.15) is 12.8 Å². The van der Waals surface area contributed by atoms with Gasteiger partial charge in [-0.1, -0.05) is 13.3 Å². The maximum atomic E-state index is 8.05. The van der Waals surface area contributed by atoms with Crippen LogP contribution < -0.4 is 0 Å². The van der Waals surface area contributed by atoms with E-state index in [0.29, 0.717) is 6.61 Å². The molecule has 2 heteroatoms. The van der Waals surface area contributed by atoms with Gasteiger partial charge in [0.25, 0.3) is 0 Å². The van der Waals surface area contributed by atoms with Crippen molar-refractivity contribution in [2.75, 3.05) is 13.4 Å². The lowest BCUT2D eigenvalue weighted by atomic mass is 10.4. The van der Waals surface area contributed by atoms with Gasteiger partial charge in [-0.15, -0.1) is 0 Å². The van der Waals surface area contributed by atoms with Crippen LogP contribution in [0.15, 0.2) is 0 Å². The first kappa shape index (κ1) is 6.92. The molecule has 0 fully saturated rings. The van der Waals surface area contributed by atoms with Crippen LogP contribution in [0.4, 0.5) is 0 Å². The topological polar surface area (TPSA) is 29.5 Å². The Bertz CT molecular complexity index is 25.3. The standard InChI is InChI=1S/C5H11O2/c1-2-3-4-7-5-6/h6H,1-5H2. The highest BCUT2D eigenvalue weighted by atomic mass is 16.6. The highest BCUT2D eigenvalue weighted by Crippen LogP contribution is 1.84. The molecule has 0 atom stereocenters. The minimum absolute atomic E-state index is 0.167. The fourth-order valence-corrected chi connectivity index (χ4v) is 0.269. The van der Waals surface area contributed by atoms with E-state index in [9.17, 15) is 0 Å². The number of rotatable bonds is 4. The van der Waals surface area contributed by atoms with E-state index in [-0.39, 0.29) is 6.79 Å². The van der Waals surface area contributed by atoms with Gasteiger partial charge < -0.3 is 9.84 Å². The first-order valence-corrected chi connectivity index (χ1v) is 2.39. The van der Waals surface area contributed by atoms with Crippen LogP contribution in [-0.4, -0.2) is 18.5 Å². The molecule has 0 spiro atoms. The highest BCUT2D eigenvalue weighted by molar-refractivity contribution is 4.36. The van der Waals surface area contributed by atoms with Crippen LogP contribution in [-0.2, 0) is 4.74 Å². The van der Waals surface area contributed by atoms with Gasteiger partial charge in [0, 0.05) is 6.61 Å². The molecule has 2 nitrogen and oxygen atoms in total. The first-order chi connectivity index (χ1) is 3.41. The SMILES string of the molecule is [CH2]CCCOCO. The van der Waals surface area contributed by atoms with Crippen LogP contribution in [0.5, 0.6) is 0 Å². The van der Waals surface area contributed by atoms with Crippen molar-refractivity contribution >= 4 is 0 Å². The summed E-state index contributed by atoms with van der Waals surface area (Å²) in [6, 6.07) is 0. The van der Waals surface area contributed by atoms with E-state index in [2.05, 4.69) is 11.7 Å². The van der Waals surface area contributed by atoms with Gasteiger partial charge >= 0.3 is 0 Å². The van der Waals surface area contributed by atoms with E-state index in [1.807, 2.05) is 0 Å². The molecule has 0 aliphatic carbocycles. The first-order valence-electron chi connectivity index (χ1n) is 2.39. The number of hydrogen-bond donors (Lipinski definition) is 1. The maximum absolute atomic E-state index is 8.05. The van der Waals surface area contributed by atoms with Gasteiger partial charge in [0.15, 0.2) is 0 Å². The Kier molecular flexibility index (Phi) is 5.85. The maximum Gasteiger partial charge on any atom is 0.143 e.